The molecule has 0 saturated carbocycles. The third-order valence-electron chi connectivity index (χ3n) is 5.45. The Morgan fingerprint density at radius 3 is 2.27 bits per heavy atom. The van der Waals surface area contributed by atoms with Gasteiger partial charge in [-0.15, -0.1) is 0 Å². The van der Waals surface area contributed by atoms with E-state index in [2.05, 4.69) is 10.2 Å². The highest BCUT2D eigenvalue weighted by atomic mass is 16.6. The van der Waals surface area contributed by atoms with Crippen molar-refractivity contribution < 1.29 is 14.1 Å². The number of aliphatic imine (C=N–C) groups is 1. The lowest BCUT2D eigenvalue weighted by Gasteiger charge is -2.36. The van der Waals surface area contributed by atoms with E-state index in [1.807, 2.05) is 30.3 Å². The van der Waals surface area contributed by atoms with E-state index < -0.39 is 4.92 Å². The molecule has 1 amide bonds. The lowest BCUT2D eigenvalue weighted by molar-refractivity contribution is -0.384. The number of amides is 1. The largest absolute Gasteiger partial charge is 0.459 e. The predicted octanol–water partition coefficient (Wildman–Crippen LogP) is 3.29. The molecule has 0 spiro atoms. The van der Waals surface area contributed by atoms with Gasteiger partial charge in [-0.1, -0.05) is 42.5 Å². The summed E-state index contributed by atoms with van der Waals surface area (Å²) < 4.78 is 5.24. The first-order chi connectivity index (χ1) is 16.1. The van der Waals surface area contributed by atoms with Gasteiger partial charge in [0.1, 0.15) is 0 Å². The Bertz CT molecular complexity index is 1090. The zero-order valence-corrected chi connectivity index (χ0v) is 18.1. The van der Waals surface area contributed by atoms with Crippen molar-refractivity contribution >= 4 is 17.6 Å². The van der Waals surface area contributed by atoms with Crippen LogP contribution in [0, 0.1) is 10.1 Å². The molecule has 1 N–H and O–H groups in total. The monoisotopic (exact) mass is 447 g/mol. The molecule has 1 aromatic heterocycles. The standard InChI is InChI=1S/C24H25N5O4/c30-23(22-7-4-16-33-22)27-12-14-28(15-13-27)24(25-17-19-5-2-1-3-6-19)26-18-20-8-10-21(11-9-20)29(31)32/h1-11,16H,12-15,17-18H2,(H,25,26). The van der Waals surface area contributed by atoms with Crippen molar-refractivity contribution in [3.05, 3.63) is 100.0 Å². The Labute approximate surface area is 191 Å². The fourth-order valence-electron chi connectivity index (χ4n) is 3.61. The molecule has 3 aromatic rings. The Balaban J connectivity index is 1.42. The molecular weight excluding hydrogens is 422 g/mol. The van der Waals surface area contributed by atoms with Crippen molar-refractivity contribution in [3.63, 3.8) is 0 Å². The summed E-state index contributed by atoms with van der Waals surface area (Å²) in [5, 5.41) is 14.3. The second-order valence-electron chi connectivity index (χ2n) is 7.66. The number of rotatable bonds is 6. The van der Waals surface area contributed by atoms with Crippen molar-refractivity contribution in [2.24, 2.45) is 4.99 Å². The summed E-state index contributed by atoms with van der Waals surface area (Å²) in [5.41, 5.74) is 2.08. The van der Waals surface area contributed by atoms with Gasteiger partial charge < -0.3 is 19.5 Å². The summed E-state index contributed by atoms with van der Waals surface area (Å²) in [6.07, 6.45) is 1.50. The van der Waals surface area contributed by atoms with Gasteiger partial charge in [-0.2, -0.15) is 0 Å². The van der Waals surface area contributed by atoms with E-state index in [4.69, 9.17) is 9.41 Å². The van der Waals surface area contributed by atoms with Gasteiger partial charge in [0.15, 0.2) is 11.7 Å². The molecule has 0 aliphatic carbocycles. The number of carbonyl (C=O) groups excluding carboxylic acids is 1. The molecule has 170 valence electrons. The highest BCUT2D eigenvalue weighted by molar-refractivity contribution is 5.91. The quantitative estimate of drug-likeness (QED) is 0.269. The zero-order valence-electron chi connectivity index (χ0n) is 18.1. The highest BCUT2D eigenvalue weighted by Gasteiger charge is 2.25. The van der Waals surface area contributed by atoms with Crippen molar-refractivity contribution in [1.29, 1.82) is 0 Å². The van der Waals surface area contributed by atoms with Crippen LogP contribution in [0.2, 0.25) is 0 Å². The first-order valence-corrected chi connectivity index (χ1v) is 10.7. The lowest BCUT2D eigenvalue weighted by Crippen LogP contribution is -2.53. The molecule has 0 unspecified atom stereocenters. The molecule has 9 nitrogen and oxygen atoms in total. The van der Waals surface area contributed by atoms with Crippen LogP contribution in [-0.2, 0) is 13.1 Å². The fourth-order valence-corrected chi connectivity index (χ4v) is 3.61. The number of piperazine rings is 1. The van der Waals surface area contributed by atoms with Gasteiger partial charge in [0.05, 0.1) is 17.7 Å². The molecule has 1 aliphatic rings. The zero-order chi connectivity index (χ0) is 23.0. The van der Waals surface area contributed by atoms with Crippen molar-refractivity contribution in [1.82, 2.24) is 15.1 Å². The molecule has 0 radical (unpaired) electrons. The third kappa shape index (κ3) is 5.76. The van der Waals surface area contributed by atoms with Gasteiger partial charge in [0.2, 0.25) is 0 Å². The number of hydrogen-bond acceptors (Lipinski definition) is 5. The molecule has 2 aromatic carbocycles. The van der Waals surface area contributed by atoms with E-state index in [-0.39, 0.29) is 11.6 Å². The van der Waals surface area contributed by atoms with Crippen molar-refractivity contribution in [2.45, 2.75) is 13.1 Å². The Morgan fingerprint density at radius 1 is 0.939 bits per heavy atom. The molecular formula is C24H25N5O4. The minimum Gasteiger partial charge on any atom is -0.459 e. The number of non-ortho nitro benzene ring substituents is 1. The number of furan rings is 1. The van der Waals surface area contributed by atoms with E-state index in [9.17, 15) is 14.9 Å². The summed E-state index contributed by atoms with van der Waals surface area (Å²) in [4.78, 5) is 31.7. The third-order valence-corrected chi connectivity index (χ3v) is 5.45. The predicted molar refractivity (Wildman–Crippen MR) is 124 cm³/mol. The highest BCUT2D eigenvalue weighted by Crippen LogP contribution is 2.13. The normalized spacial score (nSPS) is 14.2. The minimum atomic E-state index is -0.409. The molecule has 2 heterocycles. The maximum atomic E-state index is 12.6. The summed E-state index contributed by atoms with van der Waals surface area (Å²) in [6.45, 7) is 3.39. The molecule has 1 aliphatic heterocycles. The van der Waals surface area contributed by atoms with Gasteiger partial charge in [0.25, 0.3) is 11.6 Å². The number of hydrogen-bond donors (Lipinski definition) is 1. The van der Waals surface area contributed by atoms with Crippen LogP contribution in [0.3, 0.4) is 0 Å². The van der Waals surface area contributed by atoms with Crippen LogP contribution in [0.4, 0.5) is 5.69 Å². The smallest absolute Gasteiger partial charge is 0.289 e. The van der Waals surface area contributed by atoms with Gasteiger partial charge in [-0.25, -0.2) is 4.99 Å². The van der Waals surface area contributed by atoms with E-state index in [1.165, 1.54) is 18.4 Å². The Kier molecular flexibility index (Phi) is 6.99. The van der Waals surface area contributed by atoms with E-state index in [0.717, 1.165) is 17.1 Å². The van der Waals surface area contributed by atoms with Gasteiger partial charge in [-0.3, -0.25) is 14.9 Å². The van der Waals surface area contributed by atoms with Crippen LogP contribution in [0.1, 0.15) is 21.7 Å². The average molecular weight is 447 g/mol. The number of nitrogens with zero attached hydrogens (tertiary/aromatic N) is 4. The van der Waals surface area contributed by atoms with Crippen LogP contribution in [-0.4, -0.2) is 52.8 Å². The average Bonchev–Trinajstić information content (AvgIpc) is 3.40. The van der Waals surface area contributed by atoms with E-state index in [1.54, 1.807) is 29.2 Å². The topological polar surface area (TPSA) is 104 Å². The maximum absolute atomic E-state index is 12.6. The molecule has 33 heavy (non-hydrogen) atoms. The van der Waals surface area contributed by atoms with Gasteiger partial charge in [0, 0.05) is 44.9 Å². The number of guanidine groups is 1. The molecule has 9 heteroatoms. The van der Waals surface area contributed by atoms with Crippen LogP contribution in [0.25, 0.3) is 0 Å². The number of nitrogens with one attached hydrogen (secondary N) is 1. The Morgan fingerprint density at radius 2 is 1.64 bits per heavy atom. The van der Waals surface area contributed by atoms with Gasteiger partial charge in [-0.05, 0) is 23.3 Å². The Hall–Kier alpha value is -4.14. The number of nitro groups is 1. The minimum absolute atomic E-state index is 0.0639. The van der Waals surface area contributed by atoms with E-state index in [0.29, 0.717) is 45.0 Å². The second-order valence-corrected chi connectivity index (χ2v) is 7.66. The maximum Gasteiger partial charge on any atom is 0.289 e. The van der Waals surface area contributed by atoms with Crippen molar-refractivity contribution in [3.8, 4) is 0 Å². The molecule has 4 rings (SSSR count). The molecule has 1 fully saturated rings. The van der Waals surface area contributed by atoms with E-state index >= 15 is 0 Å². The summed E-state index contributed by atoms with van der Waals surface area (Å²) in [6, 6.07) is 19.8. The summed E-state index contributed by atoms with van der Waals surface area (Å²) in [7, 11) is 0. The number of benzene rings is 2. The summed E-state index contributed by atoms with van der Waals surface area (Å²) >= 11 is 0. The number of nitro benzene ring substituents is 1. The number of carbonyl (C=O) groups is 1. The molecule has 1 saturated heterocycles. The lowest BCUT2D eigenvalue weighted by atomic mass is 10.2. The van der Waals surface area contributed by atoms with Crippen LogP contribution in [0.5, 0.6) is 0 Å². The second kappa shape index (κ2) is 10.4. The first-order valence-electron chi connectivity index (χ1n) is 10.7. The van der Waals surface area contributed by atoms with Gasteiger partial charge >= 0.3 is 0 Å². The first kappa shape index (κ1) is 22.1. The van der Waals surface area contributed by atoms with Crippen molar-refractivity contribution in [2.75, 3.05) is 26.2 Å². The summed E-state index contributed by atoms with van der Waals surface area (Å²) in [5.74, 6) is 0.973. The SMILES string of the molecule is O=C(c1ccco1)N1CCN(C(=NCc2ccccc2)NCc2ccc([N+](=O)[O-])cc2)CC1. The molecule has 0 bridgehead atoms. The van der Waals surface area contributed by atoms with Crippen LogP contribution < -0.4 is 5.32 Å². The van der Waals surface area contributed by atoms with Crippen LogP contribution in [0.15, 0.2) is 82.4 Å². The molecule has 0 atom stereocenters. The fraction of sp³-hybridized carbons (Fsp3) is 0.250. The van der Waals surface area contributed by atoms with Crippen LogP contribution >= 0.6 is 0 Å².